The Morgan fingerprint density at radius 3 is 3.12 bits per heavy atom. The standard InChI is InChI=1S/C10H6ClFN2O2S/c11-7-4(12)1-2-6-8(7)17-10-13-5(9(15)16)3-14(6)10/h1-2,5H,3H2,(H,15,16). The van der Waals surface area contributed by atoms with Crippen LogP contribution >= 0.6 is 23.4 Å². The lowest BCUT2D eigenvalue weighted by atomic mass is 10.2. The zero-order chi connectivity index (χ0) is 12.2. The number of rotatable bonds is 1. The van der Waals surface area contributed by atoms with Gasteiger partial charge in [0, 0.05) is 0 Å². The van der Waals surface area contributed by atoms with Crippen LogP contribution in [0.2, 0.25) is 5.02 Å². The van der Waals surface area contributed by atoms with Crippen LogP contribution in [-0.2, 0) is 4.79 Å². The molecular formula is C10H6ClFN2O2S. The molecule has 0 saturated heterocycles. The zero-order valence-corrected chi connectivity index (χ0v) is 9.93. The first-order valence-electron chi connectivity index (χ1n) is 4.82. The molecule has 0 bridgehead atoms. The molecule has 2 aliphatic rings. The number of carbonyl (C=O) groups is 1. The summed E-state index contributed by atoms with van der Waals surface area (Å²) >= 11 is 7.06. The van der Waals surface area contributed by atoms with Crippen molar-refractivity contribution in [1.29, 1.82) is 0 Å². The molecule has 88 valence electrons. The number of aliphatic carboxylic acids is 1. The molecule has 1 aromatic carbocycles. The number of hydrogen-bond acceptors (Lipinski definition) is 4. The van der Waals surface area contributed by atoms with Crippen LogP contribution in [0.25, 0.3) is 0 Å². The number of amidine groups is 1. The Balaban J connectivity index is 2.03. The molecule has 0 fully saturated rings. The summed E-state index contributed by atoms with van der Waals surface area (Å²) in [5.74, 6) is -1.43. The minimum atomic E-state index is -0.956. The maximum Gasteiger partial charge on any atom is 0.330 e. The van der Waals surface area contributed by atoms with Crippen LogP contribution in [0.5, 0.6) is 0 Å². The van der Waals surface area contributed by atoms with E-state index >= 15 is 0 Å². The molecule has 0 radical (unpaired) electrons. The minimum absolute atomic E-state index is 0.0662. The van der Waals surface area contributed by atoms with Gasteiger partial charge in [0.1, 0.15) is 5.82 Å². The van der Waals surface area contributed by atoms with E-state index in [1.165, 1.54) is 17.8 Å². The predicted molar refractivity (Wildman–Crippen MR) is 63.5 cm³/mol. The molecule has 2 aliphatic heterocycles. The molecule has 1 aromatic rings. The summed E-state index contributed by atoms with van der Waals surface area (Å²) in [7, 11) is 0. The second kappa shape index (κ2) is 3.61. The van der Waals surface area contributed by atoms with E-state index in [0.717, 1.165) is 5.69 Å². The molecule has 7 heteroatoms. The average molecular weight is 273 g/mol. The molecule has 3 rings (SSSR count). The third-order valence-electron chi connectivity index (χ3n) is 2.65. The lowest BCUT2D eigenvalue weighted by Crippen LogP contribution is -2.28. The van der Waals surface area contributed by atoms with Crippen LogP contribution in [0.1, 0.15) is 0 Å². The van der Waals surface area contributed by atoms with E-state index in [1.807, 2.05) is 0 Å². The molecule has 0 aromatic heterocycles. The number of nitrogens with zero attached hydrogens (tertiary/aromatic N) is 2. The topological polar surface area (TPSA) is 52.9 Å². The first kappa shape index (κ1) is 10.9. The zero-order valence-electron chi connectivity index (χ0n) is 8.35. The van der Waals surface area contributed by atoms with E-state index in [9.17, 15) is 9.18 Å². The summed E-state index contributed by atoms with van der Waals surface area (Å²) in [5.41, 5.74) is 0.726. The Labute approximate surface area is 105 Å². The second-order valence-corrected chi connectivity index (χ2v) is 5.04. The van der Waals surface area contributed by atoms with Gasteiger partial charge in [-0.15, -0.1) is 0 Å². The van der Waals surface area contributed by atoms with E-state index in [0.29, 0.717) is 10.1 Å². The summed E-state index contributed by atoms with van der Waals surface area (Å²) in [6.45, 7) is 0.270. The van der Waals surface area contributed by atoms with Crippen molar-refractivity contribution in [2.24, 2.45) is 4.99 Å². The van der Waals surface area contributed by atoms with Gasteiger partial charge in [0.25, 0.3) is 0 Å². The van der Waals surface area contributed by atoms with E-state index in [4.69, 9.17) is 16.7 Å². The first-order chi connectivity index (χ1) is 8.08. The Morgan fingerprint density at radius 2 is 2.41 bits per heavy atom. The van der Waals surface area contributed by atoms with Crippen molar-refractivity contribution in [3.63, 3.8) is 0 Å². The number of carboxylic acids is 1. The SMILES string of the molecule is O=C(O)C1CN2C(=N1)Sc1c2ccc(F)c1Cl. The maximum atomic E-state index is 13.3. The van der Waals surface area contributed by atoms with Gasteiger partial charge >= 0.3 is 5.97 Å². The highest BCUT2D eigenvalue weighted by atomic mass is 35.5. The van der Waals surface area contributed by atoms with Crippen LogP contribution < -0.4 is 4.90 Å². The Morgan fingerprint density at radius 1 is 1.65 bits per heavy atom. The van der Waals surface area contributed by atoms with E-state index in [1.54, 1.807) is 11.0 Å². The van der Waals surface area contributed by atoms with Crippen molar-refractivity contribution in [2.75, 3.05) is 11.4 Å². The normalized spacial score (nSPS) is 21.2. The van der Waals surface area contributed by atoms with Crippen LogP contribution in [-0.4, -0.2) is 28.8 Å². The van der Waals surface area contributed by atoms with Crippen molar-refractivity contribution in [3.05, 3.63) is 23.0 Å². The van der Waals surface area contributed by atoms with Crippen LogP contribution in [0.3, 0.4) is 0 Å². The summed E-state index contributed by atoms with van der Waals surface area (Å²) < 4.78 is 13.3. The molecule has 1 atom stereocenters. The van der Waals surface area contributed by atoms with E-state index < -0.39 is 17.8 Å². The number of fused-ring (bicyclic) bond motifs is 3. The third kappa shape index (κ3) is 1.51. The number of hydrogen-bond donors (Lipinski definition) is 1. The quantitative estimate of drug-likeness (QED) is 0.852. The largest absolute Gasteiger partial charge is 0.480 e. The fourth-order valence-corrected chi connectivity index (χ4v) is 3.22. The van der Waals surface area contributed by atoms with Gasteiger partial charge in [-0.1, -0.05) is 11.6 Å². The predicted octanol–water partition coefficient (Wildman–Crippen LogP) is 2.21. The molecule has 1 unspecified atom stereocenters. The van der Waals surface area contributed by atoms with Crippen molar-refractivity contribution < 1.29 is 14.3 Å². The fraction of sp³-hybridized carbons (Fsp3) is 0.200. The number of carboxylic acid groups (broad SMARTS) is 1. The van der Waals surface area contributed by atoms with Gasteiger partial charge in [-0.25, -0.2) is 14.2 Å². The molecule has 4 nitrogen and oxygen atoms in total. The molecule has 0 spiro atoms. The molecule has 0 aliphatic carbocycles. The van der Waals surface area contributed by atoms with Crippen molar-refractivity contribution in [3.8, 4) is 0 Å². The Hall–Kier alpha value is -1.27. The second-order valence-electron chi connectivity index (χ2n) is 3.69. The molecule has 1 N–H and O–H groups in total. The first-order valence-corrected chi connectivity index (χ1v) is 6.01. The summed E-state index contributed by atoms with van der Waals surface area (Å²) in [6.07, 6.45) is 0. The monoisotopic (exact) mass is 272 g/mol. The van der Waals surface area contributed by atoms with Crippen LogP contribution in [0.4, 0.5) is 10.1 Å². The van der Waals surface area contributed by atoms with Gasteiger partial charge in [0.05, 0.1) is 22.2 Å². The number of aliphatic imine (C=N–C) groups is 1. The van der Waals surface area contributed by atoms with Gasteiger partial charge < -0.3 is 10.0 Å². The van der Waals surface area contributed by atoms with Gasteiger partial charge in [-0.3, -0.25) is 0 Å². The number of halogens is 2. The molecule has 2 heterocycles. The Kier molecular flexibility index (Phi) is 2.31. The minimum Gasteiger partial charge on any atom is -0.480 e. The smallest absolute Gasteiger partial charge is 0.330 e. The summed E-state index contributed by atoms with van der Waals surface area (Å²) in [4.78, 5) is 17.3. The lowest BCUT2D eigenvalue weighted by Gasteiger charge is -2.13. The molecule has 0 amide bonds. The highest BCUT2D eigenvalue weighted by Crippen LogP contribution is 2.47. The lowest BCUT2D eigenvalue weighted by molar-refractivity contribution is -0.137. The van der Waals surface area contributed by atoms with Crippen molar-refractivity contribution in [2.45, 2.75) is 10.9 Å². The van der Waals surface area contributed by atoms with Gasteiger partial charge in [0.2, 0.25) is 0 Å². The highest BCUT2D eigenvalue weighted by molar-refractivity contribution is 8.15. The molecule has 17 heavy (non-hydrogen) atoms. The third-order valence-corrected chi connectivity index (χ3v) is 4.26. The highest BCUT2D eigenvalue weighted by Gasteiger charge is 2.38. The molecular weight excluding hydrogens is 267 g/mol. The van der Waals surface area contributed by atoms with E-state index in [-0.39, 0.29) is 11.6 Å². The average Bonchev–Trinajstić information content (AvgIpc) is 2.81. The summed E-state index contributed by atoms with van der Waals surface area (Å²) in [6, 6.07) is 2.11. The Bertz CT molecular complexity index is 563. The van der Waals surface area contributed by atoms with Gasteiger partial charge in [-0.2, -0.15) is 0 Å². The van der Waals surface area contributed by atoms with Crippen molar-refractivity contribution in [1.82, 2.24) is 0 Å². The van der Waals surface area contributed by atoms with Crippen LogP contribution in [0, 0.1) is 5.82 Å². The molecule has 0 saturated carbocycles. The van der Waals surface area contributed by atoms with Crippen molar-refractivity contribution >= 4 is 40.2 Å². The number of thioether (sulfide) groups is 1. The number of anilines is 1. The van der Waals surface area contributed by atoms with Crippen LogP contribution in [0.15, 0.2) is 22.0 Å². The maximum absolute atomic E-state index is 13.3. The number of benzene rings is 1. The fourth-order valence-electron chi connectivity index (χ4n) is 1.83. The van der Waals surface area contributed by atoms with E-state index in [2.05, 4.69) is 4.99 Å². The summed E-state index contributed by atoms with van der Waals surface area (Å²) in [5, 5.41) is 9.52. The van der Waals surface area contributed by atoms with Gasteiger partial charge in [0.15, 0.2) is 11.2 Å². The van der Waals surface area contributed by atoms with Gasteiger partial charge in [-0.05, 0) is 23.9 Å².